The van der Waals surface area contributed by atoms with Crippen molar-refractivity contribution < 1.29 is 24.5 Å². The number of aliphatic carboxylic acids is 1. The van der Waals surface area contributed by atoms with E-state index in [0.717, 1.165) is 12.8 Å². The number of carboxylic acids is 1. The predicted octanol–water partition coefficient (Wildman–Crippen LogP) is 0.421. The lowest BCUT2D eigenvalue weighted by Crippen LogP contribution is -2.57. The number of nitrogens with one attached hydrogen (secondary N) is 1. The molecule has 1 rings (SSSR count). The van der Waals surface area contributed by atoms with Gasteiger partial charge in [0.15, 0.2) is 0 Å². The minimum atomic E-state index is -1.02. The first-order chi connectivity index (χ1) is 9.49. The molecule has 0 radical (unpaired) electrons. The number of carboxylic acid groups (broad SMARTS) is 1. The van der Waals surface area contributed by atoms with Crippen molar-refractivity contribution in [2.24, 2.45) is 0 Å². The molecule has 3 atom stereocenters. The Bertz CT molecular complexity index is 337. The summed E-state index contributed by atoms with van der Waals surface area (Å²) in [6.07, 6.45) is 1.63. The molecule has 0 saturated carbocycles. The number of carbonyl (C=O) groups excluding carboxylic acids is 1. The highest BCUT2D eigenvalue weighted by Crippen LogP contribution is 2.12. The second-order valence-electron chi connectivity index (χ2n) is 5.12. The van der Waals surface area contributed by atoms with Gasteiger partial charge in [-0.15, -0.1) is 0 Å². The van der Waals surface area contributed by atoms with Crippen LogP contribution in [0.25, 0.3) is 0 Å². The monoisotopic (exact) mass is 288 g/mol. The van der Waals surface area contributed by atoms with Gasteiger partial charge in [0.1, 0.15) is 6.04 Å². The van der Waals surface area contributed by atoms with Crippen LogP contribution < -0.4 is 5.32 Å². The van der Waals surface area contributed by atoms with E-state index in [0.29, 0.717) is 13.0 Å². The highest BCUT2D eigenvalue weighted by molar-refractivity contribution is 5.82. The first-order valence-corrected chi connectivity index (χ1v) is 7.02. The van der Waals surface area contributed by atoms with Crippen molar-refractivity contribution in [2.45, 2.75) is 51.3 Å². The van der Waals surface area contributed by atoms with E-state index in [9.17, 15) is 9.59 Å². The van der Waals surface area contributed by atoms with Crippen LogP contribution in [-0.4, -0.2) is 65.1 Å². The van der Waals surface area contributed by atoms with Crippen LogP contribution in [-0.2, 0) is 9.53 Å². The van der Waals surface area contributed by atoms with Gasteiger partial charge in [-0.2, -0.15) is 0 Å². The maximum atomic E-state index is 12.2. The van der Waals surface area contributed by atoms with Crippen molar-refractivity contribution in [3.63, 3.8) is 0 Å². The Labute approximate surface area is 118 Å². The van der Waals surface area contributed by atoms with Gasteiger partial charge in [-0.05, 0) is 13.3 Å². The minimum Gasteiger partial charge on any atom is -0.480 e. The predicted molar refractivity (Wildman–Crippen MR) is 72.5 cm³/mol. The number of amides is 2. The SMILES string of the molecule is CCCC[C@H](NC(=O)N1CC(CO)OCC1C)C(=O)O. The van der Waals surface area contributed by atoms with E-state index in [2.05, 4.69) is 5.32 Å². The lowest BCUT2D eigenvalue weighted by atomic mass is 10.1. The second kappa shape index (κ2) is 8.06. The van der Waals surface area contributed by atoms with Crippen molar-refractivity contribution >= 4 is 12.0 Å². The fraction of sp³-hybridized carbons (Fsp3) is 0.846. The minimum absolute atomic E-state index is 0.140. The smallest absolute Gasteiger partial charge is 0.326 e. The molecule has 1 fully saturated rings. The summed E-state index contributed by atoms with van der Waals surface area (Å²) in [5.41, 5.74) is 0. The topological polar surface area (TPSA) is 99.1 Å². The Balaban J connectivity index is 2.59. The van der Waals surface area contributed by atoms with E-state index in [-0.39, 0.29) is 19.2 Å². The van der Waals surface area contributed by atoms with Crippen molar-refractivity contribution in [1.29, 1.82) is 0 Å². The molecule has 1 aliphatic rings. The molecular weight excluding hydrogens is 264 g/mol. The number of aliphatic hydroxyl groups is 1. The molecular formula is C13H24N2O5. The standard InChI is InChI=1S/C13H24N2O5/c1-3-4-5-11(12(17)18)14-13(19)15-6-10(7-16)20-8-9(15)2/h9-11,16H,3-8H2,1-2H3,(H,14,19)(H,17,18)/t9?,10?,11-/m0/s1. The summed E-state index contributed by atoms with van der Waals surface area (Å²) >= 11 is 0. The van der Waals surface area contributed by atoms with E-state index in [1.54, 1.807) is 0 Å². The molecule has 0 bridgehead atoms. The number of unbranched alkanes of at least 4 members (excludes halogenated alkanes) is 1. The number of aliphatic hydroxyl groups excluding tert-OH is 1. The molecule has 2 unspecified atom stereocenters. The number of urea groups is 1. The molecule has 1 saturated heterocycles. The van der Waals surface area contributed by atoms with Crippen molar-refractivity contribution in [3.05, 3.63) is 0 Å². The van der Waals surface area contributed by atoms with Gasteiger partial charge in [-0.25, -0.2) is 9.59 Å². The summed E-state index contributed by atoms with van der Waals surface area (Å²) in [4.78, 5) is 24.8. The normalized spacial score (nSPS) is 24.2. The Morgan fingerprint density at radius 3 is 2.75 bits per heavy atom. The third-order valence-electron chi connectivity index (χ3n) is 3.41. The number of rotatable bonds is 6. The third-order valence-corrected chi connectivity index (χ3v) is 3.41. The van der Waals surface area contributed by atoms with Crippen molar-refractivity contribution in [3.8, 4) is 0 Å². The number of ether oxygens (including phenoxy) is 1. The fourth-order valence-electron chi connectivity index (χ4n) is 2.11. The summed E-state index contributed by atoms with van der Waals surface area (Å²) < 4.78 is 5.35. The largest absolute Gasteiger partial charge is 0.480 e. The van der Waals surface area contributed by atoms with Crippen molar-refractivity contribution in [1.82, 2.24) is 10.2 Å². The molecule has 0 aromatic rings. The fourth-order valence-corrected chi connectivity index (χ4v) is 2.11. The summed E-state index contributed by atoms with van der Waals surface area (Å²) in [5, 5.41) is 20.7. The van der Waals surface area contributed by atoms with E-state index in [4.69, 9.17) is 14.9 Å². The van der Waals surface area contributed by atoms with Crippen LogP contribution in [0.4, 0.5) is 4.79 Å². The number of morpholine rings is 1. The Kier molecular flexibility index (Phi) is 6.74. The molecule has 1 aliphatic heterocycles. The van der Waals surface area contributed by atoms with Crippen LogP contribution >= 0.6 is 0 Å². The molecule has 7 nitrogen and oxygen atoms in total. The molecule has 0 aromatic carbocycles. The first kappa shape index (κ1) is 16.7. The van der Waals surface area contributed by atoms with Gasteiger partial charge in [0.05, 0.1) is 31.9 Å². The zero-order valence-electron chi connectivity index (χ0n) is 12.0. The molecule has 20 heavy (non-hydrogen) atoms. The van der Waals surface area contributed by atoms with E-state index in [1.807, 2.05) is 13.8 Å². The highest BCUT2D eigenvalue weighted by atomic mass is 16.5. The van der Waals surface area contributed by atoms with Crippen LogP contribution in [0.5, 0.6) is 0 Å². The number of nitrogens with zero attached hydrogens (tertiary/aromatic N) is 1. The highest BCUT2D eigenvalue weighted by Gasteiger charge is 2.31. The number of carbonyl (C=O) groups is 2. The Hall–Kier alpha value is -1.34. The number of hydrogen-bond acceptors (Lipinski definition) is 4. The summed E-state index contributed by atoms with van der Waals surface area (Å²) in [6.45, 7) is 4.25. The molecule has 1 heterocycles. The van der Waals surface area contributed by atoms with Crippen LogP contribution in [0.15, 0.2) is 0 Å². The summed E-state index contributed by atoms with van der Waals surface area (Å²) in [6, 6.07) is -1.42. The molecule has 0 aliphatic carbocycles. The van der Waals surface area contributed by atoms with Crippen molar-refractivity contribution in [2.75, 3.05) is 19.8 Å². The van der Waals surface area contributed by atoms with E-state index < -0.39 is 24.1 Å². The van der Waals surface area contributed by atoms with Gasteiger partial charge < -0.3 is 25.2 Å². The van der Waals surface area contributed by atoms with E-state index >= 15 is 0 Å². The van der Waals surface area contributed by atoms with Gasteiger partial charge in [0.2, 0.25) is 0 Å². The average molecular weight is 288 g/mol. The van der Waals surface area contributed by atoms with Gasteiger partial charge in [0.25, 0.3) is 0 Å². The van der Waals surface area contributed by atoms with Gasteiger partial charge in [-0.3, -0.25) is 0 Å². The van der Waals surface area contributed by atoms with Crippen LogP contribution in [0, 0.1) is 0 Å². The first-order valence-electron chi connectivity index (χ1n) is 7.02. The molecule has 2 amide bonds. The quantitative estimate of drug-likeness (QED) is 0.658. The molecule has 0 aromatic heterocycles. The summed E-state index contributed by atoms with van der Waals surface area (Å²) in [5.74, 6) is -1.02. The average Bonchev–Trinajstić information content (AvgIpc) is 2.43. The summed E-state index contributed by atoms with van der Waals surface area (Å²) in [7, 11) is 0. The zero-order chi connectivity index (χ0) is 15.1. The lowest BCUT2D eigenvalue weighted by molar-refractivity contribution is -0.139. The second-order valence-corrected chi connectivity index (χ2v) is 5.12. The molecule has 7 heteroatoms. The molecule has 3 N–H and O–H groups in total. The third kappa shape index (κ3) is 4.64. The van der Waals surface area contributed by atoms with Crippen LogP contribution in [0.2, 0.25) is 0 Å². The number of hydrogen-bond donors (Lipinski definition) is 3. The lowest BCUT2D eigenvalue weighted by Gasteiger charge is -2.37. The molecule has 0 spiro atoms. The van der Waals surface area contributed by atoms with Crippen LogP contribution in [0.1, 0.15) is 33.1 Å². The van der Waals surface area contributed by atoms with Gasteiger partial charge in [-0.1, -0.05) is 19.8 Å². The van der Waals surface area contributed by atoms with E-state index in [1.165, 1.54) is 4.90 Å². The maximum Gasteiger partial charge on any atom is 0.326 e. The van der Waals surface area contributed by atoms with Gasteiger partial charge >= 0.3 is 12.0 Å². The molecule has 116 valence electrons. The Morgan fingerprint density at radius 2 is 2.20 bits per heavy atom. The Morgan fingerprint density at radius 1 is 1.50 bits per heavy atom. The zero-order valence-corrected chi connectivity index (χ0v) is 12.0. The van der Waals surface area contributed by atoms with Crippen LogP contribution in [0.3, 0.4) is 0 Å². The van der Waals surface area contributed by atoms with Gasteiger partial charge in [0, 0.05) is 0 Å². The maximum absolute atomic E-state index is 12.2.